The Kier molecular flexibility index (Phi) is 38.6. The number of nitrogens with zero attached hydrogens (tertiary/aromatic N) is 16. The number of unbranched alkanes of at least 4 members (excludes halogenated alkanes) is 3. The molecule has 0 radical (unpaired) electrons. The predicted molar refractivity (Wildman–Crippen MR) is 525 cm³/mol. The van der Waals surface area contributed by atoms with Crippen LogP contribution in [0.15, 0.2) is 50.3 Å². The Morgan fingerprint density at radius 2 is 0.641 bits per heavy atom. The standard InChI is InChI=1S/C18H24B2F2N2O5.C10H12B2F2N2O3.C9H6F3N2S.C6H4B2F2N2O5.C6Br2F2N2O.C6BrClF2N2O.C6BrF2IN2O.C6Cl2F2N2O.3C4H9.Sn/c1-15(2)16(3,4)26-19(25-15)9-11(21)12(22)10(14-13(9)23-29-24-14)20-27-17(5,6)18(7,8)28-20;1-11(2)5-7(13)8(14)6(12(17-3)18-4)10-9(5)15-19-16-10;1-4-5(2)8-7(13-15-14-8)3-6(4)9(10,11)12;9-3-1(7(13)14)5-6(12-17-11-5)2(4(3)10)8(15)16;2*7-1-3(9)4(10)2(8)6-5(1)11-13-12-6;7-1-2(8)3(9)4(10)6-5(1)11-13-12-6;7-1-3(9)4(10)2(8)6-5(1)11-13-12-6;3*1-3-4-2;/h1-8H3;1-4H3;1-2H3;13-16H;;;;;3*1,3-4H2,2H3;. The summed E-state index contributed by atoms with van der Waals surface area (Å²) in [6.07, 6.45) is 1.81. The molecule has 2 saturated heterocycles. The van der Waals surface area contributed by atoms with Crippen LogP contribution in [0.1, 0.15) is 131 Å². The largest absolute Gasteiger partial charge is 0.499 e. The molecule has 145 heavy (non-hydrogen) atoms. The first-order valence-electron chi connectivity index (χ1n) is 42.4. The molecule has 66 heteroatoms. The summed E-state index contributed by atoms with van der Waals surface area (Å²) >= 11 is 27.0. The molecule has 0 bridgehead atoms. The molecule has 33 nitrogen and oxygen atoms in total. The summed E-state index contributed by atoms with van der Waals surface area (Å²) < 4.78 is 310. The molecule has 0 spiro atoms. The number of fused-ring (bicyclic) bond motifs is 8. The van der Waals surface area contributed by atoms with E-state index >= 15 is 8.78 Å². The molecule has 8 aromatic carbocycles. The number of rotatable bonds is 18. The first-order valence-corrected chi connectivity index (χ1v) is 56.0. The Bertz CT molecular complexity index is 6780. The molecule has 0 amide bonds. The van der Waals surface area contributed by atoms with E-state index in [1.54, 1.807) is 50.1 Å². The summed E-state index contributed by atoms with van der Waals surface area (Å²) in [4.78, 5) is 0. The Morgan fingerprint density at radius 3 is 0.979 bits per heavy atom. The van der Waals surface area contributed by atoms with Crippen molar-refractivity contribution in [1.82, 2.24) is 80.9 Å². The van der Waals surface area contributed by atoms with E-state index in [0.29, 0.717) is 25.7 Å². The number of aromatic nitrogens is 16. The van der Waals surface area contributed by atoms with Gasteiger partial charge in [-0.05, 0) is 188 Å². The summed E-state index contributed by atoms with van der Waals surface area (Å²) in [5.74, 6) is -16.4. The van der Waals surface area contributed by atoms with Gasteiger partial charge in [-0.25, -0.2) is 93.9 Å². The second-order valence-corrected chi connectivity index (χ2v) is 53.0. The number of halogens is 25. The van der Waals surface area contributed by atoms with Crippen molar-refractivity contribution in [3.05, 3.63) is 135 Å². The fraction of sp³-hybridized carbons (Fsp3) is 0.392. The van der Waals surface area contributed by atoms with Crippen LogP contribution in [0.2, 0.25) is 42.0 Å². The molecule has 2 aliphatic rings. The van der Waals surface area contributed by atoms with E-state index in [1.165, 1.54) is 14.2 Å². The Balaban J connectivity index is 0.000000161. The maximum absolute atomic E-state index is 15.3. The van der Waals surface area contributed by atoms with Gasteiger partial charge in [-0.1, -0.05) is 79.4 Å². The zero-order valence-corrected chi connectivity index (χ0v) is 92.4. The van der Waals surface area contributed by atoms with Gasteiger partial charge in [-0.2, -0.15) is 0 Å². The van der Waals surface area contributed by atoms with Crippen molar-refractivity contribution in [2.45, 2.75) is 184 Å². The molecule has 2 fully saturated rings. The summed E-state index contributed by atoms with van der Waals surface area (Å²) in [5.41, 5.74) is -3.35. The van der Waals surface area contributed by atoms with Crippen LogP contribution in [0, 0.1) is 98.9 Å². The summed E-state index contributed by atoms with van der Waals surface area (Å²) in [6.45, 7) is 27.6. The minimum Gasteiger partial charge on any atom is -0.423 e. The van der Waals surface area contributed by atoms with E-state index in [4.69, 9.17) is 87.5 Å². The minimum atomic E-state index is -4.34. The third-order valence-electron chi connectivity index (χ3n) is 23.8. The Hall–Kier alpha value is -7.50. The molecular weight excluding hydrogens is 2540 g/mol. The van der Waals surface area contributed by atoms with Crippen LogP contribution < -0.4 is 36.4 Å². The van der Waals surface area contributed by atoms with E-state index in [1.807, 2.05) is 55.4 Å². The fourth-order valence-corrected chi connectivity index (χ4v) is 36.1. The SMILES string of the molecule is CC1(C)OB(c2c(F)c(F)c(B3OC(C)(C)C(C)(C)O3)c3nonc23)OC1(C)C.CCC[CH2][Sn]([CH2]CCC)([CH2]CCC)[c]1c(C(F)(F)F)c(C)c(C)c2nsnc12.COB(OC)c1c(F)c(F)c(B(C)C)c2nonc12.Fc1c(F)c(Br)c2nonc2c1Br.Fc1c(F)c(Br)c2nonc2c1Cl.Fc1c(F)c(Cl)c2nonc2c1Cl.Fc1c(F)c(I)c2nonc2c1Br.OB(O)c1c(F)c(F)c(B(O)O)c2nonc12. The van der Waals surface area contributed by atoms with Gasteiger partial charge in [0.1, 0.15) is 48.2 Å². The van der Waals surface area contributed by atoms with Gasteiger partial charge in [0, 0.05) is 14.2 Å². The number of alkyl halides is 3. The van der Waals surface area contributed by atoms with Crippen LogP contribution in [0.4, 0.5) is 74.6 Å². The second kappa shape index (κ2) is 47.6. The molecule has 18 rings (SSSR count). The number of hydrogen-bond donors (Lipinski definition) is 4. The van der Waals surface area contributed by atoms with Crippen molar-refractivity contribution in [2.24, 2.45) is 0 Å². The summed E-state index contributed by atoms with van der Waals surface area (Å²) in [7, 11) is -5.47. The van der Waals surface area contributed by atoms with Crippen LogP contribution >= 0.6 is 133 Å². The van der Waals surface area contributed by atoms with Gasteiger partial charge >= 0.3 is 212 Å². The van der Waals surface area contributed by atoms with Crippen LogP contribution in [-0.2, 0) is 34.1 Å². The van der Waals surface area contributed by atoms with Crippen LogP contribution in [0.5, 0.6) is 0 Å². The molecule has 0 saturated carbocycles. The van der Waals surface area contributed by atoms with Gasteiger partial charge in [-0.15, -0.1) is 0 Å². The zero-order valence-electron chi connectivity index (χ0n) is 77.9. The number of aryl methyl sites for hydroxylation is 1. The van der Waals surface area contributed by atoms with Crippen molar-refractivity contribution in [1.29, 1.82) is 0 Å². The van der Waals surface area contributed by atoms with E-state index in [0.717, 1.165) is 63.6 Å². The smallest absolute Gasteiger partial charge is 0.423 e. The maximum Gasteiger partial charge on any atom is 0.499 e. The molecule has 0 aliphatic carbocycles. The summed E-state index contributed by atoms with van der Waals surface area (Å²) in [6, 6.07) is 0. The molecule has 0 unspecified atom stereocenters. The molecule has 10 heterocycles. The molecular formula is C79H73B6Br4Cl3F17IN16O17SSn. The third kappa shape index (κ3) is 23.3. The van der Waals surface area contributed by atoms with Crippen molar-refractivity contribution in [2.75, 3.05) is 14.2 Å². The zero-order chi connectivity index (χ0) is 108. The molecule has 2 aliphatic heterocycles. The topological polar surface area (TPSA) is 435 Å². The molecule has 0 atom stereocenters. The first-order chi connectivity index (χ1) is 67.9. The van der Waals surface area contributed by atoms with Crippen LogP contribution in [0.25, 0.3) is 88.3 Å². The number of hydrogen-bond acceptors (Lipinski definition) is 34. The van der Waals surface area contributed by atoms with E-state index in [9.17, 15) is 65.9 Å². The average molecular weight is 2610 g/mol. The predicted octanol–water partition coefficient (Wildman–Crippen LogP) is 18.4. The van der Waals surface area contributed by atoms with E-state index in [-0.39, 0.29) is 122 Å². The van der Waals surface area contributed by atoms with Gasteiger partial charge in [-0.3, -0.25) is 0 Å². The molecule has 4 N–H and O–H groups in total. The van der Waals surface area contributed by atoms with Crippen molar-refractivity contribution in [3.63, 3.8) is 0 Å². The van der Waals surface area contributed by atoms with Crippen LogP contribution in [0.3, 0.4) is 0 Å². The second-order valence-electron chi connectivity index (χ2n) is 34.1. The van der Waals surface area contributed by atoms with Gasteiger partial charge in [0.15, 0.2) is 132 Å². The molecule has 8 aromatic heterocycles. The first kappa shape index (κ1) is 118. The summed E-state index contributed by atoms with van der Waals surface area (Å²) in [5, 5.41) is 82.3. The molecule has 16 aromatic rings. The van der Waals surface area contributed by atoms with Gasteiger partial charge < -0.3 is 48.0 Å². The van der Waals surface area contributed by atoms with Gasteiger partial charge in [0.2, 0.25) is 0 Å². The van der Waals surface area contributed by atoms with Gasteiger partial charge in [0.05, 0.1) is 71.2 Å². The minimum absolute atomic E-state index is 0.00659. The fourth-order valence-electron chi connectivity index (χ4n) is 14.8. The Morgan fingerprint density at radius 1 is 0.372 bits per heavy atom. The Labute approximate surface area is 879 Å². The van der Waals surface area contributed by atoms with Crippen molar-refractivity contribution in [3.8, 4) is 0 Å². The van der Waals surface area contributed by atoms with E-state index < -0.39 is 201 Å². The van der Waals surface area contributed by atoms with E-state index in [2.05, 4.69) is 193 Å². The normalized spacial score (nSPS) is 14.1. The maximum atomic E-state index is 15.3. The number of benzene rings is 8. The molecule has 774 valence electrons. The van der Waals surface area contributed by atoms with Gasteiger partial charge in [0.25, 0.3) is 0 Å². The quantitative estimate of drug-likeness (QED) is 0.0204. The monoisotopic (exact) mass is 2610 g/mol. The average Bonchev–Trinajstić information content (AvgIpc) is 1.69. The van der Waals surface area contributed by atoms with Crippen molar-refractivity contribution < 1.29 is 155 Å². The van der Waals surface area contributed by atoms with Crippen molar-refractivity contribution >= 4 is 318 Å². The van der Waals surface area contributed by atoms with Crippen LogP contribution in [-0.4, -0.2) is 198 Å². The third-order valence-corrected chi connectivity index (χ3v) is 44.8.